The van der Waals surface area contributed by atoms with E-state index in [2.05, 4.69) is 41.3 Å². The number of aromatic nitrogens is 6. The molecule has 0 spiro atoms. The maximum Gasteiger partial charge on any atom is 0.357 e. The van der Waals surface area contributed by atoms with E-state index in [1.165, 1.54) is 14.0 Å². The summed E-state index contributed by atoms with van der Waals surface area (Å²) in [7, 11) is 0. The van der Waals surface area contributed by atoms with Crippen LogP contribution in [-0.2, 0) is 29.1 Å². The van der Waals surface area contributed by atoms with Crippen molar-refractivity contribution in [3.63, 3.8) is 0 Å². The van der Waals surface area contributed by atoms with Crippen molar-refractivity contribution in [3.8, 4) is 33.8 Å². The number of alkyl halides is 6. The van der Waals surface area contributed by atoms with Gasteiger partial charge in [-0.3, -0.25) is 34.1 Å². The summed E-state index contributed by atoms with van der Waals surface area (Å²) < 4.78 is 95.5. The van der Waals surface area contributed by atoms with E-state index in [1.54, 1.807) is 109 Å². The number of nitrogens with one attached hydrogen (secondary N) is 4. The van der Waals surface area contributed by atoms with E-state index < -0.39 is 79.8 Å². The molecule has 0 aliphatic carbocycles. The van der Waals surface area contributed by atoms with Gasteiger partial charge in [-0.1, -0.05) is 127 Å². The summed E-state index contributed by atoms with van der Waals surface area (Å²) in [5.41, 5.74) is 44.0. The topological polar surface area (TPSA) is 379 Å². The fourth-order valence-electron chi connectivity index (χ4n) is 12.0. The highest BCUT2D eigenvalue weighted by atomic mass is 19.3. The van der Waals surface area contributed by atoms with Gasteiger partial charge in [-0.05, 0) is 78.8 Å². The van der Waals surface area contributed by atoms with Crippen LogP contribution >= 0.6 is 0 Å². The fourth-order valence-corrected chi connectivity index (χ4v) is 12.0. The predicted molar refractivity (Wildman–Crippen MR) is 364 cm³/mol. The van der Waals surface area contributed by atoms with Gasteiger partial charge >= 0.3 is 12.2 Å². The number of amides is 6. The third-order valence-electron chi connectivity index (χ3n) is 17.3. The van der Waals surface area contributed by atoms with E-state index >= 15 is 0 Å². The smallest absolute Gasteiger partial charge is 0.357 e. The number of rotatable bonds is 18. The highest BCUT2D eigenvalue weighted by Crippen LogP contribution is 2.40. The molecule has 3 unspecified atom stereocenters. The first-order chi connectivity index (χ1) is 48.0. The Morgan fingerprint density at radius 3 is 1.15 bits per heavy atom. The Morgan fingerprint density at radius 1 is 0.485 bits per heavy atom. The number of benzene rings is 6. The highest BCUT2D eigenvalue weighted by Gasteiger charge is 2.43. The van der Waals surface area contributed by atoms with Crippen LogP contribution in [0.15, 0.2) is 146 Å². The quantitative estimate of drug-likeness (QED) is 0.0283. The normalized spacial score (nSPS) is 17.3. The van der Waals surface area contributed by atoms with Gasteiger partial charge in [0.25, 0.3) is 41.4 Å². The first-order valence-corrected chi connectivity index (χ1v) is 31.9. The maximum atomic E-state index is 13.8. The second-order valence-corrected chi connectivity index (χ2v) is 24.6. The van der Waals surface area contributed by atoms with Crippen molar-refractivity contribution in [2.45, 2.75) is 102 Å². The number of hydrogen-bond acceptors (Lipinski definition) is 15. The molecule has 24 nitrogen and oxygen atoms in total. The Kier molecular flexibility index (Phi) is 21.8. The molecule has 0 radical (unpaired) electrons. The molecule has 16 N–H and O–H groups in total. The molecule has 6 aromatic carbocycles. The van der Waals surface area contributed by atoms with Crippen LogP contribution in [0.1, 0.15) is 139 Å². The van der Waals surface area contributed by atoms with Crippen LogP contribution in [0.2, 0.25) is 0 Å². The van der Waals surface area contributed by atoms with E-state index in [1.807, 2.05) is 57.2 Å². The summed E-state index contributed by atoms with van der Waals surface area (Å²) in [4.78, 5) is 73.6. The summed E-state index contributed by atoms with van der Waals surface area (Å²) in [6, 6.07) is 37.5. The molecule has 6 amide bonds. The number of anilines is 3. The second-order valence-electron chi connectivity index (χ2n) is 24.6. The second kappa shape index (κ2) is 30.4. The van der Waals surface area contributed by atoms with Crippen molar-refractivity contribution >= 4 is 52.9 Å². The van der Waals surface area contributed by atoms with Crippen molar-refractivity contribution in [2.75, 3.05) is 43.6 Å². The van der Waals surface area contributed by atoms with E-state index in [0.29, 0.717) is 53.0 Å². The molecule has 3 fully saturated rings. The lowest BCUT2D eigenvalue weighted by Crippen LogP contribution is -2.37. The number of halogens is 6. The van der Waals surface area contributed by atoms with E-state index in [9.17, 15) is 55.1 Å². The summed E-state index contributed by atoms with van der Waals surface area (Å²) >= 11 is 0. The number of carbonyl (C=O) groups is 6. The number of nitrogen functional groups attached to an aromatic ring is 3. The first kappa shape index (κ1) is 72.4. The Bertz CT molecular complexity index is 4370. The SMILES string of the molecule is Cc1ccccc1C(=O)NCc1ccc(-c2nn(C3CCOC(F)(F)C3)c(N)c2C(N)=O)cc1.Cc1ccccc1C(=O)NCc1ccc(-c2nn(C3CNC(F)(F)C3)c(N)c2C(N)=O)cc1.Cc1ccccc1C(=O)NCc1ccc(-c2nn(C3COCC(F)(F)C3)c(N)c2C(N)=O)cc1. The van der Waals surface area contributed by atoms with Crippen molar-refractivity contribution in [1.82, 2.24) is 50.6 Å². The summed E-state index contributed by atoms with van der Waals surface area (Å²) in [5, 5.41) is 23.8. The van der Waals surface area contributed by atoms with Gasteiger partial charge in [0.1, 0.15) is 57.8 Å². The Hall–Kier alpha value is -11.4. The molecule has 3 atom stereocenters. The largest absolute Gasteiger partial charge is 0.383 e. The van der Waals surface area contributed by atoms with Crippen molar-refractivity contribution < 1.29 is 64.6 Å². The standard InChI is InChI=1S/2C24H25F2N5O3.C23H24F2N6O2/c1-14-4-2-3-5-18(14)23(33)29-11-15-6-8-16(9-7-15)20-19(22(28)32)21(27)31(30-20)17-10-24(25,26)13-34-12-17;1-14-4-2-3-5-18(14)23(33)29-13-15-6-8-16(9-7-15)20-19(22(28)32)21(27)31(30-20)17-10-11-34-24(25,26)12-17;1-13-4-2-3-5-17(13)22(33)28-11-14-6-8-15(9-7-14)19-18(21(27)32)20(26)31(30-19)16-10-23(24,25)29-12-16/h2*2-9,17H,10-13,27H2,1H3,(H2,28,32)(H,29,33);2-9,16,29H,10-12,26H2,1H3,(H2,27,32)(H,28,33). The van der Waals surface area contributed by atoms with Crippen LogP contribution in [0, 0.1) is 20.8 Å². The number of carbonyl (C=O) groups excluding carboxylic acids is 6. The van der Waals surface area contributed by atoms with Gasteiger partial charge in [0.15, 0.2) is 0 Å². The zero-order chi connectivity index (χ0) is 72.7. The minimum absolute atomic E-state index is 0.00135. The van der Waals surface area contributed by atoms with Crippen LogP contribution in [0.4, 0.5) is 43.8 Å². The van der Waals surface area contributed by atoms with Crippen molar-refractivity contribution in [1.29, 1.82) is 0 Å². The molecule has 6 heterocycles. The van der Waals surface area contributed by atoms with E-state index in [0.717, 1.165) is 33.4 Å². The van der Waals surface area contributed by atoms with Gasteiger partial charge in [-0.25, -0.2) is 22.8 Å². The molecule has 3 aliphatic rings. The number of primary amides is 3. The number of aryl methyl sites for hydroxylation is 3. The minimum atomic E-state index is -3.29. The maximum absolute atomic E-state index is 13.8. The average Bonchev–Trinajstić information content (AvgIpc) is 1.64. The lowest BCUT2D eigenvalue weighted by molar-refractivity contribution is -0.266. The van der Waals surface area contributed by atoms with Crippen LogP contribution in [0.3, 0.4) is 0 Å². The van der Waals surface area contributed by atoms with Crippen LogP contribution in [-0.4, -0.2) is 109 Å². The zero-order valence-corrected chi connectivity index (χ0v) is 55.0. The molecule has 528 valence electrons. The van der Waals surface area contributed by atoms with Gasteiger partial charge < -0.3 is 59.8 Å². The van der Waals surface area contributed by atoms with Crippen molar-refractivity contribution in [2.24, 2.45) is 17.2 Å². The number of ether oxygens (including phenoxy) is 2. The summed E-state index contributed by atoms with van der Waals surface area (Å²) in [5.74, 6) is -6.14. The fraction of sp³-hybridized carbons (Fsp3) is 0.282. The molecule has 3 aliphatic heterocycles. The molecule has 12 rings (SSSR count). The summed E-state index contributed by atoms with van der Waals surface area (Å²) in [6.07, 6.45) is -4.61. The Balaban J connectivity index is 0.000000163. The molecule has 3 aromatic heterocycles. The zero-order valence-electron chi connectivity index (χ0n) is 55.0. The average molecular weight is 1390 g/mol. The van der Waals surface area contributed by atoms with E-state index in [-0.39, 0.29) is 95.1 Å². The van der Waals surface area contributed by atoms with Gasteiger partial charge in [0.05, 0.1) is 37.8 Å². The van der Waals surface area contributed by atoms with Crippen LogP contribution in [0.5, 0.6) is 0 Å². The van der Waals surface area contributed by atoms with Gasteiger partial charge in [-0.2, -0.15) is 32.9 Å². The number of hydrogen-bond donors (Lipinski definition) is 10. The molecule has 0 bridgehead atoms. The Labute approximate surface area is 575 Å². The molecule has 30 heteroatoms. The van der Waals surface area contributed by atoms with Crippen molar-refractivity contribution in [3.05, 3.63) is 212 Å². The monoisotopic (exact) mass is 1390 g/mol. The van der Waals surface area contributed by atoms with Gasteiger partial charge in [0.2, 0.25) is 0 Å². The number of nitrogens with zero attached hydrogens (tertiary/aromatic N) is 6. The first-order valence-electron chi connectivity index (χ1n) is 31.9. The van der Waals surface area contributed by atoms with E-state index in [4.69, 9.17) is 39.1 Å². The lowest BCUT2D eigenvalue weighted by Gasteiger charge is -2.29. The van der Waals surface area contributed by atoms with Gasteiger partial charge in [0, 0.05) is 72.4 Å². The Morgan fingerprint density at radius 2 is 0.832 bits per heavy atom. The number of nitrogens with two attached hydrogens (primary N) is 6. The third kappa shape index (κ3) is 17.0. The van der Waals surface area contributed by atoms with Gasteiger partial charge in [-0.15, -0.1) is 0 Å². The summed E-state index contributed by atoms with van der Waals surface area (Å²) in [6.45, 7) is 5.64. The molecule has 0 saturated carbocycles. The van der Waals surface area contributed by atoms with Crippen LogP contribution < -0.4 is 55.7 Å². The lowest BCUT2D eigenvalue weighted by atomic mass is 10.0. The molecule has 9 aromatic rings. The molecule has 3 saturated heterocycles. The predicted octanol–water partition coefficient (Wildman–Crippen LogP) is 9.08. The minimum Gasteiger partial charge on any atom is -0.383 e. The molecular weight excluding hydrogens is 1320 g/mol. The molecule has 101 heavy (non-hydrogen) atoms. The van der Waals surface area contributed by atoms with Crippen LogP contribution in [0.25, 0.3) is 33.8 Å². The third-order valence-corrected chi connectivity index (χ3v) is 17.3. The highest BCUT2D eigenvalue weighted by molar-refractivity contribution is 6.05. The molecular formula is C71H74F6N16O8.